The van der Waals surface area contributed by atoms with E-state index in [-0.39, 0.29) is 0 Å². The van der Waals surface area contributed by atoms with Gasteiger partial charge in [0.2, 0.25) is 0 Å². The predicted octanol–water partition coefficient (Wildman–Crippen LogP) is 2.11. The fourth-order valence-corrected chi connectivity index (χ4v) is 0.748. The van der Waals surface area contributed by atoms with E-state index in [1.54, 1.807) is 18.5 Å². The van der Waals surface area contributed by atoms with Gasteiger partial charge in [-0.1, -0.05) is 16.8 Å². The minimum absolute atomic E-state index is 0.476. The van der Waals surface area contributed by atoms with Gasteiger partial charge in [-0.2, -0.15) is 0 Å². The highest BCUT2D eigenvalue weighted by atomic mass is 35.5. The van der Waals surface area contributed by atoms with Crippen LogP contribution in [-0.2, 0) is 4.84 Å². The number of halogens is 1. The van der Waals surface area contributed by atoms with Crippen LogP contribution in [0.2, 0.25) is 5.15 Å². The molecule has 0 N–H and O–H groups in total. The monoisotopic (exact) mass is 184 g/mol. The van der Waals surface area contributed by atoms with Gasteiger partial charge in [0.05, 0.1) is 6.21 Å². The summed E-state index contributed by atoms with van der Waals surface area (Å²) in [6, 6.07) is 3.52. The zero-order chi connectivity index (χ0) is 8.81. The maximum atomic E-state index is 5.59. The molecule has 0 aromatic carbocycles. The lowest BCUT2D eigenvalue weighted by molar-refractivity contribution is 0.160. The van der Waals surface area contributed by atoms with Crippen molar-refractivity contribution in [1.82, 2.24) is 4.98 Å². The summed E-state index contributed by atoms with van der Waals surface area (Å²) in [5.41, 5.74) is 0.868. The molecule has 0 bridgehead atoms. The van der Waals surface area contributed by atoms with E-state index in [0.717, 1.165) is 5.56 Å². The molecule has 0 atom stereocenters. The van der Waals surface area contributed by atoms with Gasteiger partial charge < -0.3 is 4.84 Å². The van der Waals surface area contributed by atoms with Gasteiger partial charge in [-0.3, -0.25) is 0 Å². The molecule has 0 spiro atoms. The second-order valence-electron chi connectivity index (χ2n) is 2.07. The highest BCUT2D eigenvalue weighted by Crippen LogP contribution is 2.03. The Kier molecular flexibility index (Phi) is 3.54. The van der Waals surface area contributed by atoms with Crippen molar-refractivity contribution < 1.29 is 4.84 Å². The van der Waals surface area contributed by atoms with Gasteiger partial charge in [0.15, 0.2) is 0 Å². The predicted molar refractivity (Wildman–Crippen MR) is 48.5 cm³/mol. The smallest absolute Gasteiger partial charge is 0.129 e. The minimum Gasteiger partial charge on any atom is -0.396 e. The van der Waals surface area contributed by atoms with Gasteiger partial charge in [-0.25, -0.2) is 4.98 Å². The Morgan fingerprint density at radius 1 is 1.67 bits per heavy atom. The van der Waals surface area contributed by atoms with Crippen molar-refractivity contribution in [2.45, 2.75) is 6.92 Å². The third-order valence-corrected chi connectivity index (χ3v) is 1.38. The molecular weight excluding hydrogens is 176 g/mol. The van der Waals surface area contributed by atoms with Crippen LogP contribution in [0.4, 0.5) is 0 Å². The van der Waals surface area contributed by atoms with Crippen molar-refractivity contribution in [3.05, 3.63) is 29.0 Å². The molecular formula is C8H9ClN2O. The number of oxime groups is 1. The van der Waals surface area contributed by atoms with Crippen LogP contribution >= 0.6 is 11.6 Å². The van der Waals surface area contributed by atoms with Crippen molar-refractivity contribution in [1.29, 1.82) is 0 Å². The van der Waals surface area contributed by atoms with Crippen LogP contribution in [0.1, 0.15) is 12.5 Å². The highest BCUT2D eigenvalue weighted by molar-refractivity contribution is 6.29. The maximum Gasteiger partial charge on any atom is 0.129 e. The zero-order valence-electron chi connectivity index (χ0n) is 6.70. The number of pyridine rings is 1. The summed E-state index contributed by atoms with van der Waals surface area (Å²) in [5, 5.41) is 4.16. The number of aromatic nitrogens is 1. The first kappa shape index (κ1) is 9.00. The first-order valence-corrected chi connectivity index (χ1v) is 3.97. The normalized spacial score (nSPS) is 10.5. The molecule has 0 aliphatic carbocycles. The molecule has 0 fully saturated rings. The number of nitrogens with zero attached hydrogens (tertiary/aromatic N) is 2. The molecule has 64 valence electrons. The lowest BCUT2D eigenvalue weighted by Gasteiger charge is -1.92. The molecule has 1 aromatic heterocycles. The SMILES string of the molecule is CCO/N=C/c1ccc(Cl)nc1. The van der Waals surface area contributed by atoms with Gasteiger partial charge in [0.25, 0.3) is 0 Å². The highest BCUT2D eigenvalue weighted by Gasteiger charge is 1.88. The Morgan fingerprint density at radius 2 is 2.50 bits per heavy atom. The topological polar surface area (TPSA) is 34.5 Å². The van der Waals surface area contributed by atoms with Gasteiger partial charge in [0, 0.05) is 11.8 Å². The third-order valence-electron chi connectivity index (χ3n) is 1.16. The summed E-state index contributed by atoms with van der Waals surface area (Å²) >= 11 is 5.59. The standard InChI is InChI=1S/C8H9ClN2O/c1-2-12-11-6-7-3-4-8(9)10-5-7/h3-6H,2H2,1H3/b11-6+. The van der Waals surface area contributed by atoms with Crippen molar-refractivity contribution in [3.63, 3.8) is 0 Å². The Hall–Kier alpha value is -1.09. The van der Waals surface area contributed by atoms with Crippen LogP contribution in [0.15, 0.2) is 23.5 Å². The summed E-state index contributed by atoms with van der Waals surface area (Å²) in [4.78, 5) is 8.65. The van der Waals surface area contributed by atoms with E-state index in [1.165, 1.54) is 0 Å². The molecule has 0 unspecified atom stereocenters. The number of hydrogen-bond donors (Lipinski definition) is 0. The van der Waals surface area contributed by atoms with E-state index in [1.807, 2.05) is 13.0 Å². The lowest BCUT2D eigenvalue weighted by Crippen LogP contribution is -1.85. The van der Waals surface area contributed by atoms with E-state index < -0.39 is 0 Å². The Balaban J connectivity index is 2.58. The summed E-state index contributed by atoms with van der Waals surface area (Å²) in [6.07, 6.45) is 3.22. The van der Waals surface area contributed by atoms with Crippen LogP contribution in [0.3, 0.4) is 0 Å². The molecule has 12 heavy (non-hydrogen) atoms. The molecule has 3 nitrogen and oxygen atoms in total. The van der Waals surface area contributed by atoms with E-state index in [0.29, 0.717) is 11.8 Å². The fraction of sp³-hybridized carbons (Fsp3) is 0.250. The summed E-state index contributed by atoms with van der Waals surface area (Å²) < 4.78 is 0. The average Bonchev–Trinajstić information content (AvgIpc) is 2.09. The summed E-state index contributed by atoms with van der Waals surface area (Å²) in [6.45, 7) is 2.44. The summed E-state index contributed by atoms with van der Waals surface area (Å²) in [7, 11) is 0. The van der Waals surface area contributed by atoms with E-state index in [9.17, 15) is 0 Å². The molecule has 4 heteroatoms. The third kappa shape index (κ3) is 2.88. The summed E-state index contributed by atoms with van der Waals surface area (Å²) in [5.74, 6) is 0. The van der Waals surface area contributed by atoms with Crippen LogP contribution in [-0.4, -0.2) is 17.8 Å². The van der Waals surface area contributed by atoms with Crippen LogP contribution in [0.5, 0.6) is 0 Å². The molecule has 1 heterocycles. The second kappa shape index (κ2) is 4.72. The minimum atomic E-state index is 0.476. The fourth-order valence-electron chi connectivity index (χ4n) is 0.636. The van der Waals surface area contributed by atoms with E-state index in [2.05, 4.69) is 10.1 Å². The Labute approximate surface area is 76.0 Å². The molecule has 0 aliphatic rings. The second-order valence-corrected chi connectivity index (χ2v) is 2.45. The van der Waals surface area contributed by atoms with Gasteiger partial charge in [0.1, 0.15) is 11.8 Å². The first-order valence-electron chi connectivity index (χ1n) is 3.60. The number of hydrogen-bond acceptors (Lipinski definition) is 3. The van der Waals surface area contributed by atoms with E-state index in [4.69, 9.17) is 16.4 Å². The van der Waals surface area contributed by atoms with Crippen LogP contribution < -0.4 is 0 Å². The van der Waals surface area contributed by atoms with Crippen molar-refractivity contribution in [2.24, 2.45) is 5.16 Å². The average molecular weight is 185 g/mol. The number of rotatable bonds is 3. The molecule has 0 saturated heterocycles. The van der Waals surface area contributed by atoms with Gasteiger partial charge >= 0.3 is 0 Å². The van der Waals surface area contributed by atoms with Crippen molar-refractivity contribution >= 4 is 17.8 Å². The zero-order valence-corrected chi connectivity index (χ0v) is 7.45. The largest absolute Gasteiger partial charge is 0.396 e. The molecule has 0 amide bonds. The molecule has 0 saturated carbocycles. The molecule has 0 radical (unpaired) electrons. The maximum absolute atomic E-state index is 5.59. The van der Waals surface area contributed by atoms with Crippen LogP contribution in [0, 0.1) is 0 Å². The molecule has 0 aliphatic heterocycles. The quantitative estimate of drug-likeness (QED) is 0.410. The van der Waals surface area contributed by atoms with Crippen molar-refractivity contribution in [3.8, 4) is 0 Å². The van der Waals surface area contributed by atoms with Crippen molar-refractivity contribution in [2.75, 3.05) is 6.61 Å². The molecule has 1 rings (SSSR count). The van der Waals surface area contributed by atoms with Crippen LogP contribution in [0.25, 0.3) is 0 Å². The Bertz CT molecular complexity index is 258. The first-order chi connectivity index (χ1) is 5.83. The Morgan fingerprint density at radius 3 is 3.08 bits per heavy atom. The van der Waals surface area contributed by atoms with E-state index >= 15 is 0 Å². The molecule has 1 aromatic rings. The van der Waals surface area contributed by atoms with Gasteiger partial charge in [-0.05, 0) is 19.1 Å². The van der Waals surface area contributed by atoms with Gasteiger partial charge in [-0.15, -0.1) is 0 Å². The lowest BCUT2D eigenvalue weighted by atomic mass is 10.3.